The van der Waals surface area contributed by atoms with E-state index in [1.807, 2.05) is 6.08 Å². The fourth-order valence-electron chi connectivity index (χ4n) is 3.65. The zero-order chi connectivity index (χ0) is 14.9. The van der Waals surface area contributed by atoms with Crippen molar-refractivity contribution < 1.29 is 0 Å². The Hall–Kier alpha value is -2.48. The van der Waals surface area contributed by atoms with Gasteiger partial charge in [-0.1, -0.05) is 42.5 Å². The first-order valence-corrected chi connectivity index (χ1v) is 7.90. The number of fused-ring (bicyclic) bond motifs is 3. The molecule has 2 heterocycles. The first kappa shape index (κ1) is 13.2. The first-order valence-electron chi connectivity index (χ1n) is 7.90. The third kappa shape index (κ3) is 2.03. The third-order valence-electron chi connectivity index (χ3n) is 4.64. The minimum absolute atomic E-state index is 0.344. The smallest absolute Gasteiger partial charge is 0.0729 e. The Bertz CT molecular complexity index is 801. The fraction of sp³-hybridized carbons (Fsp3) is 0.200. The van der Waals surface area contributed by atoms with Crippen LogP contribution in [0.2, 0.25) is 0 Å². The number of anilines is 1. The van der Waals surface area contributed by atoms with Gasteiger partial charge < -0.3 is 9.88 Å². The Kier molecular flexibility index (Phi) is 3.23. The van der Waals surface area contributed by atoms with Crippen molar-refractivity contribution in [2.75, 3.05) is 11.4 Å². The lowest BCUT2D eigenvalue weighted by Gasteiger charge is -2.37. The molecular formula is C20H20N2. The fourth-order valence-corrected chi connectivity index (χ4v) is 3.65. The van der Waals surface area contributed by atoms with Crippen LogP contribution in [-0.2, 0) is 6.42 Å². The zero-order valence-corrected chi connectivity index (χ0v) is 12.6. The molecule has 0 amide bonds. The van der Waals surface area contributed by atoms with Gasteiger partial charge in [0.25, 0.3) is 0 Å². The number of H-pyrrole nitrogens is 1. The van der Waals surface area contributed by atoms with Gasteiger partial charge in [0.1, 0.15) is 0 Å². The molecule has 0 bridgehead atoms. The summed E-state index contributed by atoms with van der Waals surface area (Å²) < 4.78 is 0. The highest BCUT2D eigenvalue weighted by molar-refractivity contribution is 5.85. The van der Waals surface area contributed by atoms with Crippen LogP contribution in [0.25, 0.3) is 10.9 Å². The molecule has 1 N–H and O–H groups in total. The highest BCUT2D eigenvalue weighted by Crippen LogP contribution is 2.38. The van der Waals surface area contributed by atoms with Crippen molar-refractivity contribution in [3.63, 3.8) is 0 Å². The van der Waals surface area contributed by atoms with E-state index in [4.69, 9.17) is 0 Å². The monoisotopic (exact) mass is 288 g/mol. The van der Waals surface area contributed by atoms with Crippen LogP contribution >= 0.6 is 0 Å². The maximum atomic E-state index is 3.97. The standard InChI is InChI=1S/C20H20N2/c1-2-8-19-20-17(16-11-6-7-12-18(16)21-20)13-14-22(19)15-9-4-3-5-10-15/h2-7,9-12,19,21H,1,8,13-14H2. The van der Waals surface area contributed by atoms with Crippen LogP contribution < -0.4 is 4.90 Å². The molecule has 2 nitrogen and oxygen atoms in total. The lowest BCUT2D eigenvalue weighted by atomic mass is 9.94. The van der Waals surface area contributed by atoms with E-state index in [9.17, 15) is 0 Å². The number of nitrogens with zero attached hydrogens (tertiary/aromatic N) is 1. The second-order valence-corrected chi connectivity index (χ2v) is 5.88. The molecule has 0 saturated heterocycles. The summed E-state index contributed by atoms with van der Waals surface area (Å²) in [5.74, 6) is 0. The Morgan fingerprint density at radius 2 is 1.86 bits per heavy atom. The van der Waals surface area contributed by atoms with Gasteiger partial charge in [-0.05, 0) is 36.6 Å². The van der Waals surface area contributed by atoms with Crippen LogP contribution in [0.1, 0.15) is 23.7 Å². The minimum atomic E-state index is 0.344. The van der Waals surface area contributed by atoms with Crippen molar-refractivity contribution in [2.24, 2.45) is 0 Å². The van der Waals surface area contributed by atoms with Gasteiger partial charge in [0.05, 0.1) is 6.04 Å². The molecule has 1 aliphatic rings. The van der Waals surface area contributed by atoms with Gasteiger partial charge in [0.15, 0.2) is 0 Å². The second kappa shape index (κ2) is 5.38. The number of hydrogen-bond donors (Lipinski definition) is 1. The van der Waals surface area contributed by atoms with Gasteiger partial charge >= 0.3 is 0 Å². The van der Waals surface area contributed by atoms with Crippen molar-refractivity contribution in [1.82, 2.24) is 4.98 Å². The van der Waals surface area contributed by atoms with Crippen molar-refractivity contribution in [1.29, 1.82) is 0 Å². The Morgan fingerprint density at radius 3 is 2.68 bits per heavy atom. The van der Waals surface area contributed by atoms with Crippen LogP contribution in [0.5, 0.6) is 0 Å². The topological polar surface area (TPSA) is 19.0 Å². The molecule has 0 spiro atoms. The van der Waals surface area contributed by atoms with Crippen molar-refractivity contribution in [2.45, 2.75) is 18.9 Å². The molecule has 0 fully saturated rings. The molecule has 2 aromatic carbocycles. The van der Waals surface area contributed by atoms with E-state index in [1.165, 1.54) is 27.8 Å². The lowest BCUT2D eigenvalue weighted by Crippen LogP contribution is -2.35. The molecule has 1 unspecified atom stereocenters. The number of benzene rings is 2. The van der Waals surface area contributed by atoms with Crippen molar-refractivity contribution >= 4 is 16.6 Å². The quantitative estimate of drug-likeness (QED) is 0.683. The maximum absolute atomic E-state index is 3.97. The zero-order valence-electron chi connectivity index (χ0n) is 12.6. The molecule has 1 atom stereocenters. The lowest BCUT2D eigenvalue weighted by molar-refractivity contribution is 0.579. The van der Waals surface area contributed by atoms with E-state index in [2.05, 4.69) is 71.1 Å². The molecule has 2 heteroatoms. The highest BCUT2D eigenvalue weighted by atomic mass is 15.2. The highest BCUT2D eigenvalue weighted by Gasteiger charge is 2.29. The summed E-state index contributed by atoms with van der Waals surface area (Å²) in [6.45, 7) is 5.02. The number of rotatable bonds is 3. The summed E-state index contributed by atoms with van der Waals surface area (Å²) in [5, 5.41) is 1.37. The molecule has 0 radical (unpaired) electrons. The van der Waals surface area contributed by atoms with E-state index >= 15 is 0 Å². The molecular weight excluding hydrogens is 268 g/mol. The van der Waals surface area contributed by atoms with E-state index in [1.54, 1.807) is 0 Å². The number of hydrogen-bond acceptors (Lipinski definition) is 1. The predicted molar refractivity (Wildman–Crippen MR) is 93.3 cm³/mol. The number of aromatic amines is 1. The van der Waals surface area contributed by atoms with Crippen LogP contribution in [0.15, 0.2) is 67.3 Å². The van der Waals surface area contributed by atoms with E-state index in [0.29, 0.717) is 6.04 Å². The van der Waals surface area contributed by atoms with Crippen LogP contribution in [-0.4, -0.2) is 11.5 Å². The Labute approximate surface area is 131 Å². The summed E-state index contributed by atoms with van der Waals surface area (Å²) in [6, 6.07) is 19.7. The molecule has 4 rings (SSSR count). The second-order valence-electron chi connectivity index (χ2n) is 5.88. The van der Waals surface area contributed by atoms with Crippen LogP contribution in [0, 0.1) is 0 Å². The predicted octanol–water partition coefficient (Wildman–Crippen LogP) is 4.85. The van der Waals surface area contributed by atoms with Gasteiger partial charge in [-0.2, -0.15) is 0 Å². The maximum Gasteiger partial charge on any atom is 0.0729 e. The summed E-state index contributed by atoms with van der Waals surface area (Å²) in [5.41, 5.74) is 5.38. The summed E-state index contributed by atoms with van der Waals surface area (Å²) in [6.07, 6.45) is 4.07. The number of para-hydroxylation sites is 2. The number of nitrogens with one attached hydrogen (secondary N) is 1. The van der Waals surface area contributed by atoms with Gasteiger partial charge in [0, 0.05) is 28.8 Å². The molecule has 1 aromatic heterocycles. The van der Waals surface area contributed by atoms with Gasteiger partial charge in [-0.3, -0.25) is 0 Å². The van der Waals surface area contributed by atoms with E-state index in [0.717, 1.165) is 19.4 Å². The SMILES string of the molecule is C=CCC1c2[nH]c3ccccc3c2CCN1c1ccccc1. The molecule has 3 aromatic rings. The average molecular weight is 288 g/mol. The molecule has 22 heavy (non-hydrogen) atoms. The average Bonchev–Trinajstić information content (AvgIpc) is 2.95. The minimum Gasteiger partial charge on any atom is -0.362 e. The van der Waals surface area contributed by atoms with Gasteiger partial charge in [-0.25, -0.2) is 0 Å². The normalized spacial score (nSPS) is 17.5. The molecule has 110 valence electrons. The van der Waals surface area contributed by atoms with E-state index in [-0.39, 0.29) is 0 Å². The van der Waals surface area contributed by atoms with E-state index < -0.39 is 0 Å². The van der Waals surface area contributed by atoms with Gasteiger partial charge in [-0.15, -0.1) is 6.58 Å². The summed E-state index contributed by atoms with van der Waals surface area (Å²) in [7, 11) is 0. The largest absolute Gasteiger partial charge is 0.362 e. The number of aromatic nitrogens is 1. The van der Waals surface area contributed by atoms with Crippen molar-refractivity contribution in [3.05, 3.63) is 78.5 Å². The Morgan fingerprint density at radius 1 is 1.09 bits per heavy atom. The van der Waals surface area contributed by atoms with Gasteiger partial charge in [0.2, 0.25) is 0 Å². The Balaban J connectivity index is 1.84. The molecule has 0 saturated carbocycles. The summed E-state index contributed by atoms with van der Waals surface area (Å²) in [4.78, 5) is 6.16. The van der Waals surface area contributed by atoms with Crippen molar-refractivity contribution in [3.8, 4) is 0 Å². The van der Waals surface area contributed by atoms with Crippen LogP contribution in [0.3, 0.4) is 0 Å². The first-order chi connectivity index (χ1) is 10.9. The van der Waals surface area contributed by atoms with Crippen LogP contribution in [0.4, 0.5) is 5.69 Å². The third-order valence-corrected chi connectivity index (χ3v) is 4.64. The molecule has 0 aliphatic carbocycles. The molecule has 1 aliphatic heterocycles. The summed E-state index contributed by atoms with van der Waals surface area (Å²) >= 11 is 0.